The zero-order valence-electron chi connectivity index (χ0n) is 11.8. The van der Waals surface area contributed by atoms with Crippen molar-refractivity contribution in [1.29, 1.82) is 0 Å². The minimum Gasteiger partial charge on any atom is -0.326 e. The third kappa shape index (κ3) is 4.82. The average molecular weight is 360 g/mol. The molecule has 0 spiro atoms. The molecule has 112 valence electrons. The summed E-state index contributed by atoms with van der Waals surface area (Å²) in [6, 6.07) is 14.1. The summed E-state index contributed by atoms with van der Waals surface area (Å²) in [5.41, 5.74) is 4.51. The summed E-state index contributed by atoms with van der Waals surface area (Å²) < 4.78 is 0.909. The van der Waals surface area contributed by atoms with Gasteiger partial charge < -0.3 is 5.32 Å². The summed E-state index contributed by atoms with van der Waals surface area (Å²) >= 11 is 3.31. The van der Waals surface area contributed by atoms with E-state index in [-0.39, 0.29) is 11.8 Å². The van der Waals surface area contributed by atoms with Crippen molar-refractivity contribution in [2.24, 2.45) is 5.10 Å². The second-order valence-corrected chi connectivity index (χ2v) is 5.42. The van der Waals surface area contributed by atoms with Crippen molar-refractivity contribution in [1.82, 2.24) is 5.43 Å². The molecule has 0 aliphatic heterocycles. The molecule has 6 heteroatoms. The number of amides is 2. The topological polar surface area (TPSA) is 70.6 Å². The van der Waals surface area contributed by atoms with Crippen LogP contribution >= 0.6 is 15.9 Å². The van der Waals surface area contributed by atoms with Gasteiger partial charge in [-0.05, 0) is 42.0 Å². The molecule has 5 nitrogen and oxygen atoms in total. The first-order valence-corrected chi connectivity index (χ1v) is 7.30. The highest BCUT2D eigenvalue weighted by Gasteiger charge is 2.02. The number of halogens is 1. The van der Waals surface area contributed by atoms with Crippen LogP contribution in [0.2, 0.25) is 0 Å². The van der Waals surface area contributed by atoms with Gasteiger partial charge in [0.1, 0.15) is 0 Å². The average Bonchev–Trinajstić information content (AvgIpc) is 2.49. The Bertz CT molecular complexity index is 694. The van der Waals surface area contributed by atoms with Crippen LogP contribution in [0, 0.1) is 0 Å². The van der Waals surface area contributed by atoms with E-state index in [1.165, 1.54) is 13.1 Å². The summed E-state index contributed by atoms with van der Waals surface area (Å²) in [4.78, 5) is 22.7. The Balaban J connectivity index is 1.93. The number of rotatable bonds is 4. The highest BCUT2D eigenvalue weighted by molar-refractivity contribution is 9.10. The molecule has 2 aromatic carbocycles. The number of nitrogens with one attached hydrogen (secondary N) is 2. The third-order valence-electron chi connectivity index (χ3n) is 2.72. The number of hydrazone groups is 1. The molecule has 0 aromatic heterocycles. The minimum absolute atomic E-state index is 0.122. The van der Waals surface area contributed by atoms with Crippen molar-refractivity contribution in [3.63, 3.8) is 0 Å². The molecule has 0 saturated heterocycles. The lowest BCUT2D eigenvalue weighted by molar-refractivity contribution is -0.114. The summed E-state index contributed by atoms with van der Waals surface area (Å²) in [6.45, 7) is 1.45. The summed E-state index contributed by atoms with van der Waals surface area (Å²) in [7, 11) is 0. The number of hydrogen-bond donors (Lipinski definition) is 2. The summed E-state index contributed by atoms with van der Waals surface area (Å²) in [6.07, 6.45) is 1.54. The highest BCUT2D eigenvalue weighted by atomic mass is 79.9. The second kappa shape index (κ2) is 7.51. The van der Waals surface area contributed by atoms with Crippen molar-refractivity contribution in [3.05, 3.63) is 64.1 Å². The van der Waals surface area contributed by atoms with Crippen LogP contribution in [0.15, 0.2) is 58.1 Å². The van der Waals surface area contributed by atoms with Crippen molar-refractivity contribution < 1.29 is 9.59 Å². The van der Waals surface area contributed by atoms with E-state index in [0.29, 0.717) is 11.3 Å². The van der Waals surface area contributed by atoms with Gasteiger partial charge in [-0.1, -0.05) is 28.1 Å². The monoisotopic (exact) mass is 359 g/mol. The summed E-state index contributed by atoms with van der Waals surface area (Å²) in [5.74, 6) is -0.401. The number of carbonyl (C=O) groups is 2. The minimum atomic E-state index is -0.279. The third-order valence-corrected chi connectivity index (χ3v) is 3.25. The number of anilines is 1. The van der Waals surface area contributed by atoms with Crippen molar-refractivity contribution >= 4 is 39.6 Å². The van der Waals surface area contributed by atoms with Gasteiger partial charge in [-0.3, -0.25) is 9.59 Å². The molecule has 0 heterocycles. The van der Waals surface area contributed by atoms with Gasteiger partial charge in [0.2, 0.25) is 5.91 Å². The van der Waals surface area contributed by atoms with Gasteiger partial charge in [-0.15, -0.1) is 0 Å². The number of carbonyl (C=O) groups excluding carboxylic acids is 2. The molecular formula is C16H14BrN3O2. The van der Waals surface area contributed by atoms with E-state index in [4.69, 9.17) is 0 Å². The van der Waals surface area contributed by atoms with Crippen LogP contribution in [0.4, 0.5) is 5.69 Å². The van der Waals surface area contributed by atoms with Crippen LogP contribution in [0.5, 0.6) is 0 Å². The van der Waals surface area contributed by atoms with Crippen molar-refractivity contribution in [2.75, 3.05) is 5.32 Å². The Hall–Kier alpha value is -2.47. The molecule has 2 rings (SSSR count). The second-order valence-electron chi connectivity index (χ2n) is 4.51. The van der Waals surface area contributed by atoms with Crippen LogP contribution in [0.3, 0.4) is 0 Å². The zero-order valence-corrected chi connectivity index (χ0v) is 13.4. The fraction of sp³-hybridized carbons (Fsp3) is 0.0625. The zero-order chi connectivity index (χ0) is 15.9. The molecule has 2 N–H and O–H groups in total. The van der Waals surface area contributed by atoms with E-state index < -0.39 is 0 Å². The van der Waals surface area contributed by atoms with E-state index in [1.807, 2.05) is 0 Å². The molecule has 0 atom stereocenters. The first kappa shape index (κ1) is 15.9. The molecular weight excluding hydrogens is 346 g/mol. The smallest absolute Gasteiger partial charge is 0.271 e. The Morgan fingerprint density at radius 2 is 1.68 bits per heavy atom. The lowest BCUT2D eigenvalue weighted by atomic mass is 10.2. The molecule has 2 aromatic rings. The fourth-order valence-electron chi connectivity index (χ4n) is 1.69. The molecule has 0 bridgehead atoms. The van der Waals surface area contributed by atoms with Crippen molar-refractivity contribution in [3.8, 4) is 0 Å². The molecule has 2 amide bonds. The highest BCUT2D eigenvalue weighted by Crippen LogP contribution is 2.10. The molecule has 0 unspecified atom stereocenters. The summed E-state index contributed by atoms with van der Waals surface area (Å²) in [5, 5.41) is 6.58. The Labute approximate surface area is 136 Å². The van der Waals surface area contributed by atoms with E-state index in [9.17, 15) is 9.59 Å². The largest absolute Gasteiger partial charge is 0.326 e. The number of nitrogens with zero attached hydrogens (tertiary/aromatic N) is 1. The van der Waals surface area contributed by atoms with Crippen LogP contribution in [-0.4, -0.2) is 18.0 Å². The first-order valence-electron chi connectivity index (χ1n) is 6.51. The maximum Gasteiger partial charge on any atom is 0.271 e. The SMILES string of the molecule is CC(=O)Nc1ccc(/C=N/NC(=O)c2ccc(Br)cc2)cc1. The predicted molar refractivity (Wildman–Crippen MR) is 89.9 cm³/mol. The van der Waals surface area contributed by atoms with E-state index in [0.717, 1.165) is 10.0 Å². The lowest BCUT2D eigenvalue weighted by Gasteiger charge is -2.02. The van der Waals surface area contributed by atoms with Gasteiger partial charge in [0.15, 0.2) is 0 Å². The van der Waals surface area contributed by atoms with E-state index in [2.05, 4.69) is 31.8 Å². The van der Waals surface area contributed by atoms with E-state index in [1.54, 1.807) is 48.5 Å². The van der Waals surface area contributed by atoms with Gasteiger partial charge in [0, 0.05) is 22.6 Å². The van der Waals surface area contributed by atoms with Crippen LogP contribution < -0.4 is 10.7 Å². The van der Waals surface area contributed by atoms with Crippen LogP contribution in [-0.2, 0) is 4.79 Å². The molecule has 0 radical (unpaired) electrons. The van der Waals surface area contributed by atoms with Gasteiger partial charge in [0.05, 0.1) is 6.21 Å². The maximum atomic E-state index is 11.8. The normalized spacial score (nSPS) is 10.5. The molecule has 0 fully saturated rings. The van der Waals surface area contributed by atoms with Gasteiger partial charge >= 0.3 is 0 Å². The Kier molecular flexibility index (Phi) is 5.43. The number of hydrogen-bond acceptors (Lipinski definition) is 3. The fourth-order valence-corrected chi connectivity index (χ4v) is 1.95. The molecule has 22 heavy (non-hydrogen) atoms. The van der Waals surface area contributed by atoms with Gasteiger partial charge in [0.25, 0.3) is 5.91 Å². The Morgan fingerprint density at radius 3 is 2.27 bits per heavy atom. The molecule has 0 aliphatic rings. The van der Waals surface area contributed by atoms with Crippen molar-refractivity contribution in [2.45, 2.75) is 6.92 Å². The van der Waals surface area contributed by atoms with Gasteiger partial charge in [-0.25, -0.2) is 5.43 Å². The predicted octanol–water partition coefficient (Wildman–Crippen LogP) is 3.17. The quantitative estimate of drug-likeness (QED) is 0.650. The lowest BCUT2D eigenvalue weighted by Crippen LogP contribution is -2.17. The number of benzene rings is 2. The van der Waals surface area contributed by atoms with Gasteiger partial charge in [-0.2, -0.15) is 5.10 Å². The maximum absolute atomic E-state index is 11.8. The standard InChI is InChI=1S/C16H14BrN3O2/c1-11(21)19-15-8-2-12(3-9-15)10-18-20-16(22)13-4-6-14(17)7-5-13/h2-10H,1H3,(H,19,21)(H,20,22)/b18-10+. The first-order chi connectivity index (χ1) is 10.5. The Morgan fingerprint density at radius 1 is 1.05 bits per heavy atom. The van der Waals surface area contributed by atoms with Crippen LogP contribution in [0.1, 0.15) is 22.8 Å². The van der Waals surface area contributed by atoms with Crippen LogP contribution in [0.25, 0.3) is 0 Å². The molecule has 0 saturated carbocycles. The van der Waals surface area contributed by atoms with E-state index >= 15 is 0 Å². The molecule has 0 aliphatic carbocycles.